The molecule has 3 aromatic rings. The molecule has 0 spiro atoms. The maximum Gasteiger partial charge on any atom is 0.321 e. The third-order valence-corrected chi connectivity index (χ3v) is 5.71. The Labute approximate surface area is 166 Å². The highest BCUT2D eigenvalue weighted by Crippen LogP contribution is 2.23. The molecule has 2 N–H and O–H groups in total. The van der Waals surface area contributed by atoms with Gasteiger partial charge >= 0.3 is 6.03 Å². The van der Waals surface area contributed by atoms with Gasteiger partial charge in [0.1, 0.15) is 5.82 Å². The third-order valence-electron chi connectivity index (χ3n) is 4.78. The van der Waals surface area contributed by atoms with Crippen LogP contribution in [-0.2, 0) is 4.79 Å². The van der Waals surface area contributed by atoms with Crippen molar-refractivity contribution in [2.24, 2.45) is 0 Å². The van der Waals surface area contributed by atoms with Crippen molar-refractivity contribution in [3.63, 3.8) is 0 Å². The van der Waals surface area contributed by atoms with E-state index < -0.39 is 6.03 Å². The number of urea groups is 1. The smallest absolute Gasteiger partial charge is 0.321 e. The summed E-state index contributed by atoms with van der Waals surface area (Å²) in [4.78, 5) is 33.3. The molecule has 1 saturated carbocycles. The highest BCUT2D eigenvalue weighted by Gasteiger charge is 2.18. The number of aromatic nitrogens is 4. The van der Waals surface area contributed by atoms with Crippen LogP contribution in [0.3, 0.4) is 0 Å². The molecular weight excluding hydrogens is 376 g/mol. The minimum atomic E-state index is -0.425. The lowest BCUT2D eigenvalue weighted by Crippen LogP contribution is -2.45. The van der Waals surface area contributed by atoms with Gasteiger partial charge in [-0.3, -0.25) is 10.1 Å². The van der Waals surface area contributed by atoms with Gasteiger partial charge in [-0.05, 0) is 31.9 Å². The van der Waals surface area contributed by atoms with Crippen molar-refractivity contribution in [3.8, 4) is 0 Å². The van der Waals surface area contributed by atoms with E-state index in [0.29, 0.717) is 16.6 Å². The van der Waals surface area contributed by atoms with Gasteiger partial charge in [-0.1, -0.05) is 43.2 Å². The van der Waals surface area contributed by atoms with Crippen molar-refractivity contribution in [3.05, 3.63) is 30.1 Å². The molecule has 0 bridgehead atoms. The van der Waals surface area contributed by atoms with Gasteiger partial charge in [0.15, 0.2) is 10.8 Å². The lowest BCUT2D eigenvalue weighted by atomic mass is 9.96. The number of nitrogens with one attached hydrogen (secondary N) is 2. The summed E-state index contributed by atoms with van der Waals surface area (Å²) in [6.45, 7) is 1.82. The number of carbonyl (C=O) groups is 2. The number of hydrogen-bond donors (Lipinski definition) is 2. The normalized spacial score (nSPS) is 15.0. The standard InChI is InChI=1S/C19H22N6O2S/c1-12-20-17-14-9-5-6-10-15(14)22-19(25(17)24-12)28-11-16(26)23-18(27)21-13-7-3-2-4-8-13/h5-6,9-10,13H,2-4,7-8,11H2,1H3,(H2,21,23,26,27). The van der Waals surface area contributed by atoms with Gasteiger partial charge in [-0.15, -0.1) is 5.10 Å². The van der Waals surface area contributed by atoms with Crippen LogP contribution in [0.25, 0.3) is 16.6 Å². The lowest BCUT2D eigenvalue weighted by molar-refractivity contribution is -0.117. The number of fused-ring (bicyclic) bond motifs is 3. The number of para-hydroxylation sites is 1. The predicted molar refractivity (Wildman–Crippen MR) is 107 cm³/mol. The zero-order valence-electron chi connectivity index (χ0n) is 15.6. The van der Waals surface area contributed by atoms with Crippen molar-refractivity contribution in [1.29, 1.82) is 0 Å². The summed E-state index contributed by atoms with van der Waals surface area (Å²) in [7, 11) is 0. The van der Waals surface area contributed by atoms with Crippen LogP contribution in [0, 0.1) is 6.92 Å². The molecule has 1 fully saturated rings. The Morgan fingerprint density at radius 3 is 2.79 bits per heavy atom. The van der Waals surface area contributed by atoms with Gasteiger partial charge in [0.2, 0.25) is 5.91 Å². The molecule has 0 unspecified atom stereocenters. The molecule has 1 aliphatic rings. The van der Waals surface area contributed by atoms with Crippen molar-refractivity contribution in [2.75, 3.05) is 5.75 Å². The molecule has 8 nitrogen and oxygen atoms in total. The molecule has 0 radical (unpaired) electrons. The lowest BCUT2D eigenvalue weighted by Gasteiger charge is -2.22. The first kappa shape index (κ1) is 18.7. The van der Waals surface area contributed by atoms with Crippen LogP contribution in [0.1, 0.15) is 37.9 Å². The number of hydrogen-bond acceptors (Lipinski definition) is 6. The Bertz CT molecular complexity index is 1030. The molecule has 2 aromatic heterocycles. The molecule has 1 aromatic carbocycles. The molecule has 1 aliphatic carbocycles. The highest BCUT2D eigenvalue weighted by atomic mass is 32.2. The zero-order chi connectivity index (χ0) is 19.5. The Morgan fingerprint density at radius 2 is 1.96 bits per heavy atom. The Morgan fingerprint density at radius 1 is 1.18 bits per heavy atom. The number of nitrogens with zero attached hydrogens (tertiary/aromatic N) is 4. The molecule has 4 rings (SSSR count). The summed E-state index contributed by atoms with van der Waals surface area (Å²) in [5.74, 6) is 0.340. The van der Waals surface area contributed by atoms with E-state index >= 15 is 0 Å². The molecule has 3 amide bonds. The fraction of sp³-hybridized carbons (Fsp3) is 0.421. The average Bonchev–Trinajstić information content (AvgIpc) is 3.08. The summed E-state index contributed by atoms with van der Waals surface area (Å²) >= 11 is 1.23. The molecule has 2 heterocycles. The first-order chi connectivity index (χ1) is 13.6. The Hall–Kier alpha value is -2.68. The minimum Gasteiger partial charge on any atom is -0.335 e. The van der Waals surface area contributed by atoms with Gasteiger partial charge in [0.25, 0.3) is 0 Å². The maximum atomic E-state index is 12.2. The van der Waals surface area contributed by atoms with E-state index in [4.69, 9.17) is 0 Å². The van der Waals surface area contributed by atoms with Crippen LogP contribution in [-0.4, -0.2) is 43.3 Å². The van der Waals surface area contributed by atoms with Crippen LogP contribution >= 0.6 is 11.8 Å². The predicted octanol–water partition coefficient (Wildman–Crippen LogP) is 2.84. The molecule has 146 valence electrons. The quantitative estimate of drug-likeness (QED) is 0.518. The first-order valence-corrected chi connectivity index (χ1v) is 10.4. The second-order valence-electron chi connectivity index (χ2n) is 6.95. The van der Waals surface area contributed by atoms with Gasteiger partial charge < -0.3 is 5.32 Å². The van der Waals surface area contributed by atoms with Gasteiger partial charge in [0.05, 0.1) is 11.3 Å². The van der Waals surface area contributed by atoms with E-state index in [1.807, 2.05) is 31.2 Å². The number of rotatable bonds is 4. The number of benzene rings is 1. The summed E-state index contributed by atoms with van der Waals surface area (Å²) in [6, 6.07) is 7.43. The molecular formula is C19H22N6O2S. The molecule has 0 aliphatic heterocycles. The Kier molecular flexibility index (Phi) is 5.43. The van der Waals surface area contributed by atoms with Gasteiger partial charge in [-0.2, -0.15) is 4.52 Å². The van der Waals surface area contributed by atoms with E-state index in [1.54, 1.807) is 4.52 Å². The summed E-state index contributed by atoms with van der Waals surface area (Å²) in [6.07, 6.45) is 5.40. The molecule has 0 saturated heterocycles. The largest absolute Gasteiger partial charge is 0.335 e. The van der Waals surface area contributed by atoms with Crippen LogP contribution < -0.4 is 10.6 Å². The summed E-state index contributed by atoms with van der Waals surface area (Å²) in [5, 5.41) is 11.2. The number of carbonyl (C=O) groups excluding carboxylic acids is 2. The van der Waals surface area contributed by atoms with Crippen molar-refractivity contribution < 1.29 is 9.59 Å². The first-order valence-electron chi connectivity index (χ1n) is 9.45. The topological polar surface area (TPSA) is 101 Å². The second kappa shape index (κ2) is 8.14. The maximum absolute atomic E-state index is 12.2. The second-order valence-corrected chi connectivity index (χ2v) is 7.89. The van der Waals surface area contributed by atoms with Crippen molar-refractivity contribution in [1.82, 2.24) is 30.2 Å². The Balaban J connectivity index is 1.43. The van der Waals surface area contributed by atoms with E-state index in [9.17, 15) is 9.59 Å². The summed E-state index contributed by atoms with van der Waals surface area (Å²) < 4.78 is 1.65. The SMILES string of the molecule is Cc1nc2c3ccccc3nc(SCC(=O)NC(=O)NC3CCCCC3)n2n1. The van der Waals surface area contributed by atoms with Crippen LogP contribution in [0.2, 0.25) is 0 Å². The highest BCUT2D eigenvalue weighted by molar-refractivity contribution is 7.99. The molecule has 9 heteroatoms. The van der Waals surface area contributed by atoms with E-state index in [0.717, 1.165) is 36.6 Å². The number of amides is 3. The van der Waals surface area contributed by atoms with E-state index in [-0.39, 0.29) is 17.7 Å². The summed E-state index contributed by atoms with van der Waals surface area (Å²) in [5.41, 5.74) is 1.50. The third kappa shape index (κ3) is 4.09. The van der Waals surface area contributed by atoms with Gasteiger partial charge in [-0.25, -0.2) is 14.8 Å². The van der Waals surface area contributed by atoms with Crippen molar-refractivity contribution >= 4 is 40.3 Å². The monoisotopic (exact) mass is 398 g/mol. The molecule has 28 heavy (non-hydrogen) atoms. The van der Waals surface area contributed by atoms with Crippen LogP contribution in [0.5, 0.6) is 0 Å². The van der Waals surface area contributed by atoms with E-state index in [1.165, 1.54) is 18.2 Å². The number of thioether (sulfide) groups is 1. The minimum absolute atomic E-state index is 0.0669. The number of imide groups is 1. The van der Waals surface area contributed by atoms with Crippen LogP contribution in [0.4, 0.5) is 4.79 Å². The van der Waals surface area contributed by atoms with Crippen molar-refractivity contribution in [2.45, 2.75) is 50.2 Å². The van der Waals surface area contributed by atoms with Gasteiger partial charge in [0, 0.05) is 11.4 Å². The fourth-order valence-corrected chi connectivity index (χ4v) is 4.23. The van der Waals surface area contributed by atoms with Crippen LogP contribution in [0.15, 0.2) is 29.4 Å². The fourth-order valence-electron chi connectivity index (χ4n) is 3.49. The van der Waals surface area contributed by atoms with E-state index in [2.05, 4.69) is 25.7 Å². The zero-order valence-corrected chi connectivity index (χ0v) is 16.5. The average molecular weight is 398 g/mol. The molecule has 0 atom stereocenters. The number of aryl methyl sites for hydroxylation is 1.